The van der Waals surface area contributed by atoms with Gasteiger partial charge in [0.25, 0.3) is 5.89 Å². The average molecular weight is 328 g/mol. The van der Waals surface area contributed by atoms with E-state index in [0.29, 0.717) is 23.1 Å². The summed E-state index contributed by atoms with van der Waals surface area (Å²) in [6, 6.07) is 9.73. The second kappa shape index (κ2) is 5.69. The molecule has 0 aliphatic heterocycles. The number of hydrogen-bond acceptors (Lipinski definition) is 7. The second-order valence-corrected chi connectivity index (χ2v) is 5.59. The molecular weight excluding hydrogens is 319 g/mol. The van der Waals surface area contributed by atoms with E-state index in [1.54, 1.807) is 12.1 Å². The number of rotatable bonds is 4. The molecule has 23 heavy (non-hydrogen) atoms. The number of nitrogens with zero attached hydrogens (tertiary/aromatic N) is 6. The first kappa shape index (κ1) is 13.7. The highest BCUT2D eigenvalue weighted by Gasteiger charge is 2.12. The molecular formula is C14H9FN6OS. The van der Waals surface area contributed by atoms with Crippen LogP contribution in [0.2, 0.25) is 0 Å². The molecule has 0 saturated carbocycles. The van der Waals surface area contributed by atoms with Crippen LogP contribution in [0, 0.1) is 5.82 Å². The standard InChI is InChI=1S/C14H9FN6OS/c15-10-5-3-9(4-6-10)13-17-20-21(18-13)8-12-16-14(19-22-12)11-2-1-7-23-11/h1-7H,8H2. The van der Waals surface area contributed by atoms with Crippen molar-refractivity contribution in [2.75, 3.05) is 0 Å². The highest BCUT2D eigenvalue weighted by Crippen LogP contribution is 2.21. The second-order valence-electron chi connectivity index (χ2n) is 4.64. The number of aromatic nitrogens is 6. The summed E-state index contributed by atoms with van der Waals surface area (Å²) < 4.78 is 18.1. The van der Waals surface area contributed by atoms with Crippen LogP contribution in [0.3, 0.4) is 0 Å². The minimum absolute atomic E-state index is 0.215. The van der Waals surface area contributed by atoms with Gasteiger partial charge in [-0.25, -0.2) is 4.39 Å². The van der Waals surface area contributed by atoms with E-state index in [0.717, 1.165) is 4.88 Å². The lowest BCUT2D eigenvalue weighted by Gasteiger charge is -1.93. The van der Waals surface area contributed by atoms with Crippen molar-refractivity contribution in [2.24, 2.45) is 0 Å². The molecule has 0 spiro atoms. The van der Waals surface area contributed by atoms with E-state index < -0.39 is 0 Å². The van der Waals surface area contributed by atoms with Gasteiger partial charge in [-0.15, -0.1) is 21.5 Å². The minimum Gasteiger partial charge on any atom is -0.337 e. The van der Waals surface area contributed by atoms with Gasteiger partial charge >= 0.3 is 0 Å². The van der Waals surface area contributed by atoms with E-state index in [1.165, 1.54) is 28.3 Å². The van der Waals surface area contributed by atoms with Crippen LogP contribution in [0.15, 0.2) is 46.3 Å². The zero-order valence-corrected chi connectivity index (χ0v) is 12.4. The van der Waals surface area contributed by atoms with Crippen molar-refractivity contribution >= 4 is 11.3 Å². The fraction of sp³-hybridized carbons (Fsp3) is 0.0714. The van der Waals surface area contributed by atoms with Crippen LogP contribution in [-0.2, 0) is 6.54 Å². The molecule has 0 atom stereocenters. The molecule has 9 heteroatoms. The summed E-state index contributed by atoms with van der Waals surface area (Å²) in [4.78, 5) is 6.58. The zero-order valence-electron chi connectivity index (χ0n) is 11.6. The molecule has 1 aromatic carbocycles. The minimum atomic E-state index is -0.312. The van der Waals surface area contributed by atoms with Gasteiger partial charge in [0.1, 0.15) is 12.4 Å². The van der Waals surface area contributed by atoms with Crippen molar-refractivity contribution in [3.8, 4) is 22.1 Å². The molecule has 0 amide bonds. The highest BCUT2D eigenvalue weighted by molar-refractivity contribution is 7.13. The highest BCUT2D eigenvalue weighted by atomic mass is 32.1. The Morgan fingerprint density at radius 1 is 1.13 bits per heavy atom. The van der Waals surface area contributed by atoms with Crippen molar-refractivity contribution in [1.29, 1.82) is 0 Å². The Labute approximate surface area is 133 Å². The Morgan fingerprint density at radius 2 is 2.00 bits per heavy atom. The van der Waals surface area contributed by atoms with Crippen LogP contribution in [0.5, 0.6) is 0 Å². The molecule has 0 aliphatic rings. The SMILES string of the molecule is Fc1ccc(-c2nnn(Cc3nc(-c4cccs4)no3)n2)cc1. The number of tetrazole rings is 1. The van der Waals surface area contributed by atoms with Gasteiger partial charge in [-0.05, 0) is 40.9 Å². The lowest BCUT2D eigenvalue weighted by molar-refractivity contribution is 0.356. The molecule has 0 bridgehead atoms. The molecule has 3 heterocycles. The van der Waals surface area contributed by atoms with E-state index in [9.17, 15) is 4.39 Å². The third-order valence-corrected chi connectivity index (χ3v) is 3.91. The Balaban J connectivity index is 1.53. The van der Waals surface area contributed by atoms with Gasteiger partial charge in [0.15, 0.2) is 0 Å². The van der Waals surface area contributed by atoms with E-state index in [1.807, 2.05) is 17.5 Å². The van der Waals surface area contributed by atoms with Crippen molar-refractivity contribution < 1.29 is 8.91 Å². The van der Waals surface area contributed by atoms with E-state index in [-0.39, 0.29) is 12.4 Å². The third kappa shape index (κ3) is 2.86. The lowest BCUT2D eigenvalue weighted by Crippen LogP contribution is -2.04. The predicted octanol–water partition coefficient (Wildman–Crippen LogP) is 2.64. The van der Waals surface area contributed by atoms with Gasteiger partial charge in [-0.1, -0.05) is 11.2 Å². The van der Waals surface area contributed by atoms with E-state index in [2.05, 4.69) is 25.6 Å². The van der Waals surface area contributed by atoms with Gasteiger partial charge in [0.05, 0.1) is 4.88 Å². The van der Waals surface area contributed by atoms with E-state index in [4.69, 9.17) is 4.52 Å². The molecule has 4 rings (SSSR count). The van der Waals surface area contributed by atoms with Crippen LogP contribution in [0.1, 0.15) is 5.89 Å². The quantitative estimate of drug-likeness (QED) is 0.573. The largest absolute Gasteiger partial charge is 0.337 e. The molecule has 0 unspecified atom stereocenters. The monoisotopic (exact) mass is 328 g/mol. The summed E-state index contributed by atoms with van der Waals surface area (Å²) in [7, 11) is 0. The third-order valence-electron chi connectivity index (χ3n) is 3.04. The lowest BCUT2D eigenvalue weighted by atomic mass is 10.2. The van der Waals surface area contributed by atoms with Gasteiger partial charge < -0.3 is 4.52 Å². The summed E-state index contributed by atoms with van der Waals surface area (Å²) in [5.74, 6) is 1.02. The summed E-state index contributed by atoms with van der Waals surface area (Å²) >= 11 is 1.53. The van der Waals surface area contributed by atoms with Gasteiger partial charge in [0.2, 0.25) is 11.6 Å². The van der Waals surface area contributed by atoms with Crippen LogP contribution in [0.4, 0.5) is 4.39 Å². The van der Waals surface area contributed by atoms with Crippen molar-refractivity contribution in [3.05, 3.63) is 53.5 Å². The van der Waals surface area contributed by atoms with Crippen molar-refractivity contribution in [1.82, 2.24) is 30.3 Å². The first-order chi connectivity index (χ1) is 11.3. The molecule has 4 aromatic rings. The van der Waals surface area contributed by atoms with Crippen LogP contribution >= 0.6 is 11.3 Å². The maximum atomic E-state index is 12.9. The number of benzene rings is 1. The number of halogens is 1. The van der Waals surface area contributed by atoms with Gasteiger partial charge in [0, 0.05) is 5.56 Å². The topological polar surface area (TPSA) is 82.5 Å². The fourth-order valence-electron chi connectivity index (χ4n) is 1.97. The Bertz CT molecular complexity index is 915. The predicted molar refractivity (Wildman–Crippen MR) is 79.9 cm³/mol. The Kier molecular flexibility index (Phi) is 3.39. The maximum Gasteiger partial charge on any atom is 0.250 e. The zero-order chi connectivity index (χ0) is 15.6. The fourth-order valence-corrected chi connectivity index (χ4v) is 2.62. The summed E-state index contributed by atoms with van der Waals surface area (Å²) in [6.07, 6.45) is 0. The molecule has 0 N–H and O–H groups in total. The normalized spacial score (nSPS) is 11.0. The smallest absolute Gasteiger partial charge is 0.250 e. The van der Waals surface area contributed by atoms with E-state index >= 15 is 0 Å². The maximum absolute atomic E-state index is 12.9. The molecule has 7 nitrogen and oxygen atoms in total. The Morgan fingerprint density at radius 3 is 2.78 bits per heavy atom. The van der Waals surface area contributed by atoms with Crippen molar-refractivity contribution in [3.63, 3.8) is 0 Å². The summed E-state index contributed by atoms with van der Waals surface area (Å²) in [6.45, 7) is 0.215. The molecule has 3 aromatic heterocycles. The van der Waals surface area contributed by atoms with Crippen LogP contribution < -0.4 is 0 Å². The van der Waals surface area contributed by atoms with Crippen molar-refractivity contribution in [2.45, 2.75) is 6.54 Å². The molecule has 0 fully saturated rings. The summed E-state index contributed by atoms with van der Waals surface area (Å²) in [5.41, 5.74) is 0.683. The number of thiophene rings is 1. The first-order valence-corrected chi connectivity index (χ1v) is 7.56. The van der Waals surface area contributed by atoms with Gasteiger partial charge in [-0.2, -0.15) is 9.78 Å². The molecule has 0 saturated heterocycles. The summed E-state index contributed by atoms with van der Waals surface area (Å²) in [5, 5.41) is 18.0. The molecule has 0 radical (unpaired) electrons. The molecule has 114 valence electrons. The Hall–Kier alpha value is -2.94. The number of hydrogen-bond donors (Lipinski definition) is 0. The molecule has 0 aliphatic carbocycles. The first-order valence-electron chi connectivity index (χ1n) is 6.68. The average Bonchev–Trinajstić information content (AvgIpc) is 3.29. The van der Waals surface area contributed by atoms with Gasteiger partial charge in [-0.3, -0.25) is 0 Å². The van der Waals surface area contributed by atoms with Crippen LogP contribution in [-0.4, -0.2) is 30.3 Å². The van der Waals surface area contributed by atoms with Crippen LogP contribution in [0.25, 0.3) is 22.1 Å².